The number of aryl methyl sites for hydroxylation is 1. The Hall–Kier alpha value is -1.70. The van der Waals surface area contributed by atoms with Gasteiger partial charge in [0.2, 0.25) is 0 Å². The SMILES string of the molecule is N[C@@H](CCc1nnnn1O)C(=O)O. The molecule has 0 aliphatic rings. The van der Waals surface area contributed by atoms with Gasteiger partial charge in [-0.05, 0) is 16.8 Å². The molecule has 0 aliphatic carbocycles. The van der Waals surface area contributed by atoms with Crippen LogP contribution in [0.25, 0.3) is 0 Å². The molecule has 0 unspecified atom stereocenters. The van der Waals surface area contributed by atoms with Crippen molar-refractivity contribution in [2.75, 3.05) is 0 Å². The maximum absolute atomic E-state index is 10.3. The molecule has 1 heterocycles. The molecule has 0 bridgehead atoms. The zero-order chi connectivity index (χ0) is 9.84. The van der Waals surface area contributed by atoms with Crippen molar-refractivity contribution in [2.24, 2.45) is 5.73 Å². The molecule has 0 fully saturated rings. The van der Waals surface area contributed by atoms with Crippen LogP contribution in [0.2, 0.25) is 0 Å². The monoisotopic (exact) mass is 187 g/mol. The molecule has 0 aliphatic heterocycles. The highest BCUT2D eigenvalue weighted by Crippen LogP contribution is 1.97. The fraction of sp³-hybridized carbons (Fsp3) is 0.600. The predicted molar refractivity (Wildman–Crippen MR) is 38.9 cm³/mol. The Kier molecular flexibility index (Phi) is 2.75. The Morgan fingerprint density at radius 2 is 2.38 bits per heavy atom. The highest BCUT2D eigenvalue weighted by atomic mass is 16.5. The molecule has 8 heteroatoms. The molecule has 0 aromatic carbocycles. The quantitative estimate of drug-likeness (QED) is 0.477. The fourth-order valence-electron chi connectivity index (χ4n) is 0.759. The maximum atomic E-state index is 10.3. The number of nitrogens with two attached hydrogens (primary N) is 1. The van der Waals surface area contributed by atoms with Gasteiger partial charge in [0.15, 0.2) is 5.82 Å². The summed E-state index contributed by atoms with van der Waals surface area (Å²) in [4.78, 5) is 10.8. The number of nitrogens with zero attached hydrogens (tertiary/aromatic N) is 4. The van der Waals surface area contributed by atoms with E-state index in [-0.39, 0.29) is 18.7 Å². The van der Waals surface area contributed by atoms with Gasteiger partial charge >= 0.3 is 5.97 Å². The van der Waals surface area contributed by atoms with Gasteiger partial charge in [-0.1, -0.05) is 4.85 Å². The van der Waals surface area contributed by atoms with E-state index in [0.29, 0.717) is 4.85 Å². The Bertz CT molecular complexity index is 298. The molecule has 1 aromatic heterocycles. The molecule has 4 N–H and O–H groups in total. The van der Waals surface area contributed by atoms with Gasteiger partial charge in [0, 0.05) is 6.42 Å². The van der Waals surface area contributed by atoms with Gasteiger partial charge in [-0.15, -0.1) is 5.10 Å². The molecular formula is C5H9N5O3. The van der Waals surface area contributed by atoms with Gasteiger partial charge in [0.1, 0.15) is 6.04 Å². The summed E-state index contributed by atoms with van der Waals surface area (Å²) in [5.41, 5.74) is 5.22. The summed E-state index contributed by atoms with van der Waals surface area (Å²) in [5.74, 6) is -0.895. The molecule has 0 amide bonds. The fourth-order valence-corrected chi connectivity index (χ4v) is 0.759. The van der Waals surface area contributed by atoms with E-state index in [9.17, 15) is 4.79 Å². The summed E-state index contributed by atoms with van der Waals surface area (Å²) in [5, 5.41) is 27.1. The van der Waals surface area contributed by atoms with E-state index < -0.39 is 12.0 Å². The predicted octanol–water partition coefficient (Wildman–Crippen LogP) is -1.75. The van der Waals surface area contributed by atoms with E-state index in [1.165, 1.54) is 0 Å². The highest BCUT2D eigenvalue weighted by molar-refractivity contribution is 5.72. The van der Waals surface area contributed by atoms with Gasteiger partial charge in [-0.3, -0.25) is 4.79 Å². The minimum Gasteiger partial charge on any atom is -0.480 e. The van der Waals surface area contributed by atoms with Crippen LogP contribution in [0.1, 0.15) is 12.2 Å². The summed E-state index contributed by atoms with van der Waals surface area (Å²) in [6.07, 6.45) is 0.396. The molecule has 0 saturated heterocycles. The van der Waals surface area contributed by atoms with Gasteiger partial charge in [0.25, 0.3) is 0 Å². The van der Waals surface area contributed by atoms with Gasteiger partial charge in [-0.25, -0.2) is 0 Å². The summed E-state index contributed by atoms with van der Waals surface area (Å²) < 4.78 is 0. The van der Waals surface area contributed by atoms with Gasteiger partial charge < -0.3 is 16.0 Å². The lowest BCUT2D eigenvalue weighted by molar-refractivity contribution is -0.138. The number of hydrogen-bond donors (Lipinski definition) is 3. The third kappa shape index (κ3) is 2.37. The Morgan fingerprint density at radius 3 is 2.85 bits per heavy atom. The average molecular weight is 187 g/mol. The van der Waals surface area contributed by atoms with E-state index in [0.717, 1.165) is 0 Å². The second-order valence-electron chi connectivity index (χ2n) is 2.47. The molecule has 0 spiro atoms. The largest absolute Gasteiger partial charge is 0.480 e. The topological polar surface area (TPSA) is 127 Å². The summed E-state index contributed by atoms with van der Waals surface area (Å²) in [7, 11) is 0. The molecule has 1 rings (SSSR count). The van der Waals surface area contributed by atoms with Crippen LogP contribution in [0, 0.1) is 0 Å². The highest BCUT2D eigenvalue weighted by Gasteiger charge is 2.13. The molecule has 72 valence electrons. The van der Waals surface area contributed by atoms with Crippen LogP contribution in [0.4, 0.5) is 0 Å². The van der Waals surface area contributed by atoms with E-state index in [2.05, 4.69) is 15.5 Å². The van der Waals surface area contributed by atoms with Crippen LogP contribution in [-0.4, -0.2) is 42.7 Å². The van der Waals surface area contributed by atoms with Crippen molar-refractivity contribution in [3.05, 3.63) is 5.82 Å². The van der Waals surface area contributed by atoms with Crippen molar-refractivity contribution in [3.63, 3.8) is 0 Å². The first-order valence-electron chi connectivity index (χ1n) is 3.56. The average Bonchev–Trinajstić information content (AvgIpc) is 2.47. The van der Waals surface area contributed by atoms with Crippen LogP contribution in [0.3, 0.4) is 0 Å². The lowest BCUT2D eigenvalue weighted by Crippen LogP contribution is -2.30. The van der Waals surface area contributed by atoms with E-state index in [1.807, 2.05) is 0 Å². The number of carboxylic acid groups (broad SMARTS) is 1. The third-order valence-corrected chi connectivity index (χ3v) is 1.51. The second kappa shape index (κ2) is 3.81. The normalized spacial score (nSPS) is 12.7. The van der Waals surface area contributed by atoms with Crippen molar-refractivity contribution >= 4 is 5.97 Å². The minimum atomic E-state index is -1.09. The van der Waals surface area contributed by atoms with Crippen LogP contribution in [0.15, 0.2) is 0 Å². The zero-order valence-corrected chi connectivity index (χ0v) is 6.66. The molecule has 8 nitrogen and oxygen atoms in total. The summed E-state index contributed by atoms with van der Waals surface area (Å²) in [6.45, 7) is 0. The smallest absolute Gasteiger partial charge is 0.320 e. The van der Waals surface area contributed by atoms with Crippen LogP contribution >= 0.6 is 0 Å². The van der Waals surface area contributed by atoms with Gasteiger partial charge in [-0.2, -0.15) is 0 Å². The second-order valence-corrected chi connectivity index (χ2v) is 2.47. The Labute approximate surface area is 72.9 Å². The third-order valence-electron chi connectivity index (χ3n) is 1.51. The number of rotatable bonds is 4. The van der Waals surface area contributed by atoms with E-state index >= 15 is 0 Å². The number of carboxylic acids is 1. The number of tetrazole rings is 1. The first-order valence-corrected chi connectivity index (χ1v) is 3.56. The van der Waals surface area contributed by atoms with E-state index in [1.54, 1.807) is 0 Å². The van der Waals surface area contributed by atoms with Crippen LogP contribution < -0.4 is 5.73 Å². The number of aromatic nitrogens is 4. The lowest BCUT2D eigenvalue weighted by atomic mass is 10.2. The van der Waals surface area contributed by atoms with Gasteiger partial charge in [0.05, 0.1) is 0 Å². The van der Waals surface area contributed by atoms with Crippen molar-refractivity contribution in [2.45, 2.75) is 18.9 Å². The molecular weight excluding hydrogens is 178 g/mol. The molecule has 13 heavy (non-hydrogen) atoms. The zero-order valence-electron chi connectivity index (χ0n) is 6.66. The molecule has 0 saturated carbocycles. The summed E-state index contributed by atoms with van der Waals surface area (Å²) in [6, 6.07) is -0.961. The first kappa shape index (κ1) is 9.39. The maximum Gasteiger partial charge on any atom is 0.320 e. The van der Waals surface area contributed by atoms with E-state index in [4.69, 9.17) is 16.0 Å². The van der Waals surface area contributed by atoms with Crippen molar-refractivity contribution in [3.8, 4) is 0 Å². The first-order chi connectivity index (χ1) is 6.11. The molecule has 1 atom stereocenters. The minimum absolute atomic E-state index is 0.177. The van der Waals surface area contributed by atoms with Crippen LogP contribution in [0.5, 0.6) is 0 Å². The molecule has 1 aromatic rings. The van der Waals surface area contributed by atoms with Crippen molar-refractivity contribution in [1.82, 2.24) is 20.4 Å². The summed E-state index contributed by atoms with van der Waals surface area (Å²) >= 11 is 0. The Morgan fingerprint density at radius 1 is 1.69 bits per heavy atom. The Balaban J connectivity index is 2.44. The standard InChI is InChI=1S/C5H9N5O3/c6-3(5(11)12)1-2-4-7-8-9-10(4)13/h3,13H,1-2,6H2,(H,11,12)/t3-/m0/s1. The lowest BCUT2D eigenvalue weighted by Gasteiger charge is -2.03. The number of carbonyl (C=O) groups is 1. The number of hydrogen-bond acceptors (Lipinski definition) is 6. The van der Waals surface area contributed by atoms with Crippen molar-refractivity contribution in [1.29, 1.82) is 0 Å². The number of aliphatic carboxylic acids is 1. The van der Waals surface area contributed by atoms with Crippen molar-refractivity contribution < 1.29 is 15.1 Å². The van der Waals surface area contributed by atoms with Crippen LogP contribution in [-0.2, 0) is 11.2 Å². The molecule has 0 radical (unpaired) electrons.